The Bertz CT molecular complexity index is 836. The average Bonchev–Trinajstić information content (AvgIpc) is 2.97. The number of ether oxygens (including phenoxy) is 2. The van der Waals surface area contributed by atoms with Gasteiger partial charge in [0.05, 0.1) is 29.1 Å². The predicted octanol–water partition coefficient (Wildman–Crippen LogP) is 0.406. The zero-order valence-electron chi connectivity index (χ0n) is 14.2. The van der Waals surface area contributed by atoms with Gasteiger partial charge >= 0.3 is 11.7 Å². The number of carbonyl (C=O) groups is 2. The van der Waals surface area contributed by atoms with Crippen LogP contribution in [0.2, 0.25) is 0 Å². The topological polar surface area (TPSA) is 133 Å². The molecule has 0 aromatic heterocycles. The minimum absolute atomic E-state index is 0.00944. The summed E-state index contributed by atoms with van der Waals surface area (Å²) in [5.41, 5.74) is -0.502. The summed E-state index contributed by atoms with van der Waals surface area (Å²) in [5, 5.41) is 11.0. The molecule has 26 heavy (non-hydrogen) atoms. The molecule has 11 heteroatoms. The van der Waals surface area contributed by atoms with E-state index in [1.165, 1.54) is 31.2 Å². The van der Waals surface area contributed by atoms with Crippen LogP contribution in [0.5, 0.6) is 5.75 Å². The molecule has 1 fully saturated rings. The highest BCUT2D eigenvalue weighted by atomic mass is 32.2. The van der Waals surface area contributed by atoms with Crippen molar-refractivity contribution < 1.29 is 32.4 Å². The molecule has 10 nitrogen and oxygen atoms in total. The number of sulfone groups is 1. The molecule has 1 heterocycles. The van der Waals surface area contributed by atoms with E-state index in [4.69, 9.17) is 9.47 Å². The van der Waals surface area contributed by atoms with Crippen molar-refractivity contribution in [2.75, 3.05) is 32.3 Å². The van der Waals surface area contributed by atoms with Crippen molar-refractivity contribution >= 4 is 27.4 Å². The largest absolute Gasteiger partial charge is 0.490 e. The van der Waals surface area contributed by atoms with E-state index in [1.807, 2.05) is 0 Å². The number of hydrogen-bond donors (Lipinski definition) is 0. The summed E-state index contributed by atoms with van der Waals surface area (Å²) in [5.74, 6) is -1.57. The lowest BCUT2D eigenvalue weighted by Crippen LogP contribution is -2.40. The zero-order valence-corrected chi connectivity index (χ0v) is 15.0. The van der Waals surface area contributed by atoms with Crippen LogP contribution >= 0.6 is 0 Å². The second kappa shape index (κ2) is 7.68. The Hall–Kier alpha value is -2.69. The van der Waals surface area contributed by atoms with Gasteiger partial charge in [-0.05, 0) is 18.6 Å². The van der Waals surface area contributed by atoms with Crippen molar-refractivity contribution in [1.82, 2.24) is 4.90 Å². The van der Waals surface area contributed by atoms with Crippen LogP contribution in [0.15, 0.2) is 18.2 Å². The van der Waals surface area contributed by atoms with Crippen LogP contribution in [0.3, 0.4) is 0 Å². The van der Waals surface area contributed by atoms with Gasteiger partial charge in [0, 0.05) is 19.2 Å². The van der Waals surface area contributed by atoms with Crippen molar-refractivity contribution in [1.29, 1.82) is 0 Å². The SMILES string of the molecule is COc1ccc(C(=O)OCC(=O)N(C)[C@H]2CCS(=O)(=O)C2)cc1[N+](=O)[O-]. The second-order valence-electron chi connectivity index (χ2n) is 5.78. The van der Waals surface area contributed by atoms with Crippen LogP contribution in [0.1, 0.15) is 16.8 Å². The number of hydrogen-bond acceptors (Lipinski definition) is 8. The monoisotopic (exact) mass is 386 g/mol. The summed E-state index contributed by atoms with van der Waals surface area (Å²) < 4.78 is 32.7. The maximum absolute atomic E-state index is 12.1. The molecule has 1 aliphatic heterocycles. The molecule has 0 radical (unpaired) electrons. The first-order chi connectivity index (χ1) is 12.1. The zero-order chi connectivity index (χ0) is 19.5. The van der Waals surface area contributed by atoms with Gasteiger partial charge in [0.1, 0.15) is 0 Å². The smallest absolute Gasteiger partial charge is 0.338 e. The standard InChI is InChI=1S/C15H18N2O8S/c1-16(11-5-6-26(22,23)9-11)14(18)8-25-15(19)10-3-4-13(24-2)12(7-10)17(20)21/h3-4,7,11H,5-6,8-9H2,1-2H3/t11-/m0/s1. The molecule has 1 aliphatic rings. The number of benzene rings is 1. The van der Waals surface area contributed by atoms with E-state index < -0.39 is 45.0 Å². The summed E-state index contributed by atoms with van der Waals surface area (Å²) in [7, 11) is -0.439. The van der Waals surface area contributed by atoms with E-state index >= 15 is 0 Å². The quantitative estimate of drug-likeness (QED) is 0.390. The van der Waals surface area contributed by atoms with Crippen molar-refractivity contribution in [3.63, 3.8) is 0 Å². The molecule has 1 aromatic carbocycles. The lowest BCUT2D eigenvalue weighted by molar-refractivity contribution is -0.385. The molecule has 0 aliphatic carbocycles. The summed E-state index contributed by atoms with van der Waals surface area (Å²) in [6.07, 6.45) is 0.337. The van der Waals surface area contributed by atoms with Gasteiger partial charge in [0.25, 0.3) is 5.91 Å². The number of nitrogens with zero attached hydrogens (tertiary/aromatic N) is 2. The molecule has 1 atom stereocenters. The summed E-state index contributed by atoms with van der Waals surface area (Å²) in [4.78, 5) is 35.6. The van der Waals surface area contributed by atoms with Gasteiger partial charge in [-0.2, -0.15) is 0 Å². The molecular formula is C15H18N2O8S. The summed E-state index contributed by atoms with van der Waals surface area (Å²) in [6.45, 7) is -0.592. The molecular weight excluding hydrogens is 368 g/mol. The number of esters is 1. The maximum Gasteiger partial charge on any atom is 0.338 e. The minimum atomic E-state index is -3.15. The third-order valence-electron chi connectivity index (χ3n) is 4.09. The third kappa shape index (κ3) is 4.48. The average molecular weight is 386 g/mol. The van der Waals surface area contributed by atoms with Crippen LogP contribution in [0.4, 0.5) is 5.69 Å². The van der Waals surface area contributed by atoms with Crippen LogP contribution in [0, 0.1) is 10.1 Å². The Morgan fingerprint density at radius 1 is 1.38 bits per heavy atom. The molecule has 1 amide bonds. The van der Waals surface area contributed by atoms with Gasteiger partial charge in [0.2, 0.25) is 0 Å². The molecule has 0 unspecified atom stereocenters. The summed E-state index contributed by atoms with van der Waals surface area (Å²) in [6, 6.07) is 3.09. The maximum atomic E-state index is 12.1. The van der Waals surface area contributed by atoms with Gasteiger partial charge in [-0.1, -0.05) is 0 Å². The third-order valence-corrected chi connectivity index (χ3v) is 5.84. The normalized spacial score (nSPS) is 18.2. The van der Waals surface area contributed by atoms with Gasteiger partial charge in [-0.15, -0.1) is 0 Å². The Balaban J connectivity index is 1.99. The fraction of sp³-hybridized carbons (Fsp3) is 0.467. The van der Waals surface area contributed by atoms with Crippen molar-refractivity contribution in [3.05, 3.63) is 33.9 Å². The van der Waals surface area contributed by atoms with Crippen molar-refractivity contribution in [2.45, 2.75) is 12.5 Å². The van der Waals surface area contributed by atoms with E-state index in [1.54, 1.807) is 0 Å². The Labute approximate surface area is 149 Å². The molecule has 0 saturated carbocycles. The van der Waals surface area contributed by atoms with Gasteiger partial charge < -0.3 is 14.4 Å². The van der Waals surface area contributed by atoms with Crippen molar-refractivity contribution in [3.8, 4) is 5.75 Å². The van der Waals surface area contributed by atoms with Gasteiger partial charge in [-0.25, -0.2) is 13.2 Å². The number of rotatable bonds is 6. The number of carbonyl (C=O) groups excluding carboxylic acids is 2. The lowest BCUT2D eigenvalue weighted by atomic mass is 10.2. The molecule has 142 valence electrons. The van der Waals surface area contributed by atoms with E-state index in [2.05, 4.69) is 0 Å². The number of nitro groups is 1. The van der Waals surface area contributed by atoms with Crippen LogP contribution in [-0.2, 0) is 19.4 Å². The Kier molecular flexibility index (Phi) is 5.80. The van der Waals surface area contributed by atoms with E-state index in [-0.39, 0.29) is 22.8 Å². The fourth-order valence-corrected chi connectivity index (χ4v) is 4.33. The van der Waals surface area contributed by atoms with E-state index in [0.717, 1.165) is 6.07 Å². The number of likely N-dealkylation sites (N-methyl/N-ethyl adjacent to an activating group) is 1. The van der Waals surface area contributed by atoms with Gasteiger partial charge in [0.15, 0.2) is 22.2 Å². The molecule has 1 saturated heterocycles. The van der Waals surface area contributed by atoms with Crippen LogP contribution < -0.4 is 4.74 Å². The number of nitro benzene ring substituents is 1. The van der Waals surface area contributed by atoms with E-state index in [9.17, 15) is 28.1 Å². The first kappa shape index (κ1) is 19.6. The Morgan fingerprint density at radius 3 is 2.62 bits per heavy atom. The molecule has 0 N–H and O–H groups in total. The van der Waals surface area contributed by atoms with Crippen LogP contribution in [-0.4, -0.2) is 68.4 Å². The minimum Gasteiger partial charge on any atom is -0.490 e. The fourth-order valence-electron chi connectivity index (χ4n) is 2.56. The molecule has 2 rings (SSSR count). The molecule has 0 bridgehead atoms. The highest BCUT2D eigenvalue weighted by molar-refractivity contribution is 7.91. The lowest BCUT2D eigenvalue weighted by Gasteiger charge is -2.23. The summed E-state index contributed by atoms with van der Waals surface area (Å²) >= 11 is 0. The first-order valence-electron chi connectivity index (χ1n) is 7.60. The first-order valence-corrected chi connectivity index (χ1v) is 9.42. The Morgan fingerprint density at radius 2 is 2.08 bits per heavy atom. The molecule has 0 spiro atoms. The van der Waals surface area contributed by atoms with Crippen molar-refractivity contribution in [2.24, 2.45) is 0 Å². The molecule has 1 aromatic rings. The highest BCUT2D eigenvalue weighted by Crippen LogP contribution is 2.27. The van der Waals surface area contributed by atoms with E-state index in [0.29, 0.717) is 6.42 Å². The number of amides is 1. The highest BCUT2D eigenvalue weighted by Gasteiger charge is 2.33. The van der Waals surface area contributed by atoms with Gasteiger partial charge in [-0.3, -0.25) is 14.9 Å². The predicted molar refractivity (Wildman–Crippen MR) is 89.8 cm³/mol. The second-order valence-corrected chi connectivity index (χ2v) is 8.01. The number of methoxy groups -OCH3 is 1. The van der Waals surface area contributed by atoms with Crippen LogP contribution in [0.25, 0.3) is 0 Å².